The largest absolute Gasteiger partial charge is 0.348 e. The normalized spacial score (nSPS) is 22.1. The van der Waals surface area contributed by atoms with Crippen LogP contribution < -0.4 is 0 Å². The number of allylic oxidation sites excluding steroid dienone is 8. The minimum Gasteiger partial charge on any atom is -0.348 e. The van der Waals surface area contributed by atoms with Crippen molar-refractivity contribution in [1.29, 1.82) is 0 Å². The number of rotatable bonds is 6. The molecule has 1 aliphatic carbocycles. The third-order valence-electron chi connectivity index (χ3n) is 6.36. The second-order valence-electron chi connectivity index (χ2n) is 10.4. The summed E-state index contributed by atoms with van der Waals surface area (Å²) in [5, 5.41) is 0. The van der Waals surface area contributed by atoms with Crippen LogP contribution in [0.25, 0.3) is 0 Å². The van der Waals surface area contributed by atoms with E-state index < -0.39 is 0 Å². The molecule has 0 aromatic heterocycles. The third-order valence-corrected chi connectivity index (χ3v) is 6.36. The predicted molar refractivity (Wildman–Crippen MR) is 125 cm³/mol. The molecule has 156 valence electrons. The van der Waals surface area contributed by atoms with Crippen molar-refractivity contribution in [2.75, 3.05) is 6.54 Å². The lowest BCUT2D eigenvalue weighted by Gasteiger charge is -2.36. The molecule has 2 rings (SSSR count). The van der Waals surface area contributed by atoms with E-state index in [4.69, 9.17) is 0 Å². The minimum atomic E-state index is 0.142. The smallest absolute Gasteiger partial charge is 0.0446 e. The highest BCUT2D eigenvalue weighted by Gasteiger charge is 2.28. The van der Waals surface area contributed by atoms with Gasteiger partial charge in [-0.25, -0.2) is 0 Å². The summed E-state index contributed by atoms with van der Waals surface area (Å²) in [5.74, 6) is 0. The maximum Gasteiger partial charge on any atom is 0.0446 e. The zero-order valence-corrected chi connectivity index (χ0v) is 19.8. The van der Waals surface area contributed by atoms with Gasteiger partial charge in [-0.1, -0.05) is 71.3 Å². The van der Waals surface area contributed by atoms with E-state index in [0.717, 1.165) is 13.0 Å². The van der Waals surface area contributed by atoms with Gasteiger partial charge in [0, 0.05) is 18.4 Å². The van der Waals surface area contributed by atoms with E-state index in [2.05, 4.69) is 90.8 Å². The van der Waals surface area contributed by atoms with E-state index in [1.54, 1.807) is 11.1 Å². The van der Waals surface area contributed by atoms with E-state index in [1.165, 1.54) is 48.9 Å². The first-order valence-electron chi connectivity index (χ1n) is 11.3. The van der Waals surface area contributed by atoms with Crippen LogP contribution in [0.4, 0.5) is 0 Å². The molecule has 0 atom stereocenters. The quantitative estimate of drug-likeness (QED) is 0.418. The Morgan fingerprint density at radius 1 is 1.18 bits per heavy atom. The molecule has 0 amide bonds. The highest BCUT2D eigenvalue weighted by Crippen LogP contribution is 2.42. The zero-order valence-electron chi connectivity index (χ0n) is 19.8. The Balaban J connectivity index is 2.28. The highest BCUT2D eigenvalue weighted by atomic mass is 15.1. The molecule has 0 radical (unpaired) electrons. The Bertz CT molecular complexity index is 701. The van der Waals surface area contributed by atoms with Gasteiger partial charge in [0.2, 0.25) is 0 Å². The summed E-state index contributed by atoms with van der Waals surface area (Å²) < 4.78 is 0. The molecule has 0 spiro atoms. The lowest BCUT2D eigenvalue weighted by atomic mass is 9.71. The van der Waals surface area contributed by atoms with Gasteiger partial charge in [-0.05, 0) is 80.1 Å². The van der Waals surface area contributed by atoms with E-state index in [9.17, 15) is 0 Å². The summed E-state index contributed by atoms with van der Waals surface area (Å²) >= 11 is 0. The fourth-order valence-corrected chi connectivity index (χ4v) is 4.86. The van der Waals surface area contributed by atoms with Crippen LogP contribution in [0.1, 0.15) is 93.9 Å². The van der Waals surface area contributed by atoms with E-state index in [-0.39, 0.29) is 5.41 Å². The molecule has 0 N–H and O–H groups in total. The first-order chi connectivity index (χ1) is 13.1. The molecule has 0 fully saturated rings. The summed E-state index contributed by atoms with van der Waals surface area (Å²) in [6, 6.07) is 0. The molecular weight excluding hydrogens is 338 g/mol. The topological polar surface area (TPSA) is 3.24 Å². The van der Waals surface area contributed by atoms with Gasteiger partial charge in [-0.2, -0.15) is 0 Å². The number of hydrogen-bond donors (Lipinski definition) is 0. The van der Waals surface area contributed by atoms with Gasteiger partial charge in [-0.15, -0.1) is 0 Å². The third kappa shape index (κ3) is 5.52. The van der Waals surface area contributed by atoms with Crippen molar-refractivity contribution in [2.45, 2.75) is 93.9 Å². The molecular formula is C27H43N. The van der Waals surface area contributed by atoms with E-state index in [1.807, 2.05) is 0 Å². The summed E-state index contributed by atoms with van der Waals surface area (Å²) in [6.45, 7) is 19.8. The molecule has 0 saturated carbocycles. The zero-order chi connectivity index (χ0) is 20.9. The van der Waals surface area contributed by atoms with Gasteiger partial charge < -0.3 is 4.90 Å². The van der Waals surface area contributed by atoms with Crippen LogP contribution in [0.5, 0.6) is 0 Å². The van der Waals surface area contributed by atoms with Crippen molar-refractivity contribution in [3.05, 3.63) is 58.5 Å². The van der Waals surface area contributed by atoms with Crippen LogP contribution in [0.15, 0.2) is 58.5 Å². The number of nitrogens with zero attached hydrogens (tertiary/aromatic N) is 1. The van der Waals surface area contributed by atoms with Crippen molar-refractivity contribution in [3.63, 3.8) is 0 Å². The number of unbranched alkanes of at least 4 members (excludes halogenated alkanes) is 1. The summed E-state index contributed by atoms with van der Waals surface area (Å²) in [5.41, 5.74) is 8.02. The molecule has 0 unspecified atom stereocenters. The Morgan fingerprint density at radius 2 is 1.89 bits per heavy atom. The number of hydrogen-bond acceptors (Lipinski definition) is 1. The van der Waals surface area contributed by atoms with Gasteiger partial charge in [0.15, 0.2) is 0 Å². The molecule has 1 heteroatoms. The van der Waals surface area contributed by atoms with Crippen molar-refractivity contribution in [2.24, 2.45) is 10.8 Å². The van der Waals surface area contributed by atoms with Crippen molar-refractivity contribution in [3.8, 4) is 0 Å². The maximum absolute atomic E-state index is 2.45. The molecule has 1 heterocycles. The Kier molecular flexibility index (Phi) is 7.59. The van der Waals surface area contributed by atoms with Gasteiger partial charge >= 0.3 is 0 Å². The highest BCUT2D eigenvalue weighted by molar-refractivity contribution is 5.47. The molecule has 1 nitrogen and oxygen atoms in total. The first-order valence-corrected chi connectivity index (χ1v) is 11.3. The van der Waals surface area contributed by atoms with Crippen molar-refractivity contribution >= 4 is 0 Å². The van der Waals surface area contributed by atoms with E-state index >= 15 is 0 Å². The van der Waals surface area contributed by atoms with Crippen LogP contribution in [0.2, 0.25) is 0 Å². The monoisotopic (exact) mass is 381 g/mol. The minimum absolute atomic E-state index is 0.142. The van der Waals surface area contributed by atoms with Gasteiger partial charge in [0.1, 0.15) is 0 Å². The molecule has 0 saturated heterocycles. The van der Waals surface area contributed by atoms with Gasteiger partial charge in [0.05, 0.1) is 0 Å². The average molecular weight is 382 g/mol. The van der Waals surface area contributed by atoms with Crippen LogP contribution >= 0.6 is 0 Å². The molecule has 0 aromatic rings. The second kappa shape index (κ2) is 9.33. The standard InChI is InChI=1S/C27H43N/c1-9-10-19-28-20-17-22(3)25(26(4,5)6)24(28)16-12-11-15-23-21(2)14-13-18-27(23,7)8/h11-12,16-17,20H,9-10,13-15,18-19H2,1-8H3/b12-11+,24-16-. The van der Waals surface area contributed by atoms with E-state index in [0.29, 0.717) is 5.41 Å². The predicted octanol–water partition coefficient (Wildman–Crippen LogP) is 8.34. The lowest BCUT2D eigenvalue weighted by Crippen LogP contribution is -2.27. The average Bonchev–Trinajstić information content (AvgIpc) is 2.58. The van der Waals surface area contributed by atoms with Crippen LogP contribution in [-0.4, -0.2) is 11.4 Å². The lowest BCUT2D eigenvalue weighted by molar-refractivity contribution is 0.361. The summed E-state index contributed by atoms with van der Waals surface area (Å²) in [4.78, 5) is 2.45. The first kappa shape index (κ1) is 22.8. The fourth-order valence-electron chi connectivity index (χ4n) is 4.86. The molecule has 28 heavy (non-hydrogen) atoms. The van der Waals surface area contributed by atoms with Crippen LogP contribution in [0, 0.1) is 10.8 Å². The Morgan fingerprint density at radius 3 is 2.50 bits per heavy atom. The van der Waals surface area contributed by atoms with Gasteiger partial charge in [-0.3, -0.25) is 0 Å². The molecule has 1 aliphatic heterocycles. The van der Waals surface area contributed by atoms with Crippen LogP contribution in [-0.2, 0) is 0 Å². The summed E-state index contributed by atoms with van der Waals surface area (Å²) in [6.07, 6.45) is 19.1. The molecule has 2 aliphatic rings. The summed E-state index contributed by atoms with van der Waals surface area (Å²) in [7, 11) is 0. The molecule has 0 bridgehead atoms. The van der Waals surface area contributed by atoms with Crippen LogP contribution in [0.3, 0.4) is 0 Å². The fraction of sp³-hybridized carbons (Fsp3) is 0.630. The van der Waals surface area contributed by atoms with Crippen molar-refractivity contribution in [1.82, 2.24) is 4.90 Å². The molecule has 0 aromatic carbocycles. The van der Waals surface area contributed by atoms with Crippen molar-refractivity contribution < 1.29 is 0 Å². The van der Waals surface area contributed by atoms with Gasteiger partial charge in [0.25, 0.3) is 0 Å². The Hall–Kier alpha value is -1.50. The SMILES string of the molecule is CCCCN1C=CC(C)=C(C(C)(C)C)/C1=C/C=C/CC1=C(C)CCCC1(C)C. The second-order valence-corrected chi connectivity index (χ2v) is 10.4. The maximum atomic E-state index is 2.45. The Labute approximate surface area is 175 Å².